The smallest absolute Gasteiger partial charge is 0.0624 e. The number of hydrogen-bond acceptors (Lipinski definition) is 0. The SMILES string of the molecule is Cc1cc2c(cc1[Si](Cc1ccccc1)(Cc1ccccc1)Cc1ccccc1)-c1cc([Si](Cc3ccccc3)(Cc3ccccc3)Cc3ccccc3)c(C)cc1[Si](c1ccccc1)(c1ccccc1)[Si]2(c1ccccc1)c1ccccc1. The number of aryl methyl sites for hydroxylation is 2. The van der Waals surface area contributed by atoms with Crippen LogP contribution < -0.4 is 41.5 Å². The van der Waals surface area contributed by atoms with Crippen molar-refractivity contribution >= 4 is 72.8 Å². The van der Waals surface area contributed by atoms with E-state index in [1.54, 1.807) is 20.7 Å². The standard InChI is InChI=1S/C80H72Si4/c1-63-53-79-75(55-77(63)81(57-65-33-13-3-14-34-65,58-66-35-15-4-16-36-66)59-67-37-17-5-18-38-67)76-56-78(82(60-68-39-19-6-20-40-68,61-69-41-21-7-22-42-69)62-70-43-23-8-24-44-70)64(2)54-80(76)84(73-49-29-11-30-50-73,74-51-31-12-32-52-74)83(79,71-45-25-9-26-46-71)72-47-27-10-28-48-72/h3-56H,57-62H2,1-2H3. The van der Waals surface area contributed by atoms with Gasteiger partial charge in [-0.25, -0.2) is 0 Å². The molecule has 1 heterocycles. The summed E-state index contributed by atoms with van der Waals surface area (Å²) in [7, 11) is -11.9. The minimum atomic E-state index is -3.31. The summed E-state index contributed by atoms with van der Waals surface area (Å²) < 4.78 is 0. The van der Waals surface area contributed by atoms with Gasteiger partial charge in [0.25, 0.3) is 0 Å². The third kappa shape index (κ3) is 10.2. The molecule has 0 spiro atoms. The van der Waals surface area contributed by atoms with Crippen molar-refractivity contribution in [2.24, 2.45) is 0 Å². The summed E-state index contributed by atoms with van der Waals surface area (Å²) in [5.74, 6) is 0. The Bertz CT molecular complexity index is 3550. The predicted molar refractivity (Wildman–Crippen MR) is 368 cm³/mol. The molecule has 0 N–H and O–H groups in total. The molecular formula is C80H72Si4. The summed E-state index contributed by atoms with van der Waals surface area (Å²) in [6.07, 6.45) is 0. The van der Waals surface area contributed by atoms with E-state index in [9.17, 15) is 0 Å². The maximum atomic E-state index is 2.86. The van der Waals surface area contributed by atoms with Gasteiger partial charge in [-0.3, -0.25) is 0 Å². The van der Waals surface area contributed by atoms with Gasteiger partial charge in [0, 0.05) is 0 Å². The second-order valence-corrected chi connectivity index (χ2v) is 43.1. The quantitative estimate of drug-likeness (QED) is 0.0751. The van der Waals surface area contributed by atoms with Crippen molar-refractivity contribution in [1.82, 2.24) is 0 Å². The van der Waals surface area contributed by atoms with Crippen molar-refractivity contribution in [1.29, 1.82) is 0 Å². The van der Waals surface area contributed by atoms with Crippen LogP contribution in [0.2, 0.25) is 0 Å². The van der Waals surface area contributed by atoms with E-state index in [-0.39, 0.29) is 0 Å². The van der Waals surface area contributed by atoms with Crippen LogP contribution in [0.15, 0.2) is 328 Å². The van der Waals surface area contributed by atoms with Crippen molar-refractivity contribution in [2.45, 2.75) is 50.1 Å². The van der Waals surface area contributed by atoms with Crippen molar-refractivity contribution in [3.05, 3.63) is 372 Å². The molecule has 1 aliphatic heterocycles. The second-order valence-electron chi connectivity index (χ2n) is 23.9. The highest BCUT2D eigenvalue weighted by molar-refractivity contribution is 7.68. The van der Waals surface area contributed by atoms with Crippen LogP contribution in [0.1, 0.15) is 44.5 Å². The highest BCUT2D eigenvalue weighted by atomic mass is 29.3. The Morgan fingerprint density at radius 1 is 0.226 bits per heavy atom. The molecule has 13 rings (SSSR count). The number of fused-ring (bicyclic) bond motifs is 3. The third-order valence-electron chi connectivity index (χ3n) is 18.7. The molecule has 1 aliphatic rings. The fourth-order valence-electron chi connectivity index (χ4n) is 15.5. The molecule has 4 heteroatoms. The average molecular weight is 1150 g/mol. The highest BCUT2D eigenvalue weighted by Gasteiger charge is 2.65. The lowest BCUT2D eigenvalue weighted by Crippen LogP contribution is -2.95. The maximum Gasteiger partial charge on any atom is 0.155 e. The molecule has 84 heavy (non-hydrogen) atoms. The van der Waals surface area contributed by atoms with Gasteiger partial charge in [-0.2, -0.15) is 0 Å². The van der Waals surface area contributed by atoms with Crippen LogP contribution in [0.5, 0.6) is 0 Å². The molecule has 0 aliphatic carbocycles. The first-order valence-corrected chi connectivity index (χ1v) is 40.4. The van der Waals surface area contributed by atoms with E-state index < -0.39 is 31.3 Å². The lowest BCUT2D eigenvalue weighted by Gasteiger charge is -2.55. The average Bonchev–Trinajstić information content (AvgIpc) is 0.754. The molecule has 0 aromatic heterocycles. The zero-order valence-corrected chi connectivity index (χ0v) is 52.4. The molecule has 0 amide bonds. The fourth-order valence-corrected chi connectivity index (χ4v) is 46.4. The number of rotatable bonds is 18. The first-order valence-electron chi connectivity index (χ1n) is 30.2. The van der Waals surface area contributed by atoms with E-state index in [1.165, 1.54) is 76.4 Å². The lowest BCUT2D eigenvalue weighted by atomic mass is 10.0. The second kappa shape index (κ2) is 24.0. The Hall–Kier alpha value is -8.49. The van der Waals surface area contributed by atoms with Gasteiger partial charge < -0.3 is 0 Å². The van der Waals surface area contributed by atoms with E-state index >= 15 is 0 Å². The van der Waals surface area contributed by atoms with Crippen LogP contribution in [0.4, 0.5) is 0 Å². The van der Waals surface area contributed by atoms with Crippen LogP contribution >= 0.6 is 0 Å². The molecule has 0 saturated heterocycles. The Balaban J connectivity index is 1.22. The molecule has 0 saturated carbocycles. The molecule has 0 unspecified atom stereocenters. The Kier molecular flexibility index (Phi) is 15.6. The molecule has 408 valence electrons. The van der Waals surface area contributed by atoms with E-state index in [2.05, 4.69) is 341 Å². The van der Waals surface area contributed by atoms with Crippen LogP contribution in [0.3, 0.4) is 0 Å². The molecule has 0 nitrogen and oxygen atoms in total. The Labute approximate surface area is 502 Å². The summed E-state index contributed by atoms with van der Waals surface area (Å²) in [6, 6.07) is 134. The van der Waals surface area contributed by atoms with Crippen molar-refractivity contribution in [3.63, 3.8) is 0 Å². The van der Waals surface area contributed by atoms with Gasteiger partial charge in [-0.1, -0.05) is 403 Å². The monoisotopic (exact) mass is 1140 g/mol. The highest BCUT2D eigenvalue weighted by Crippen LogP contribution is 2.37. The minimum absolute atomic E-state index is 1.02. The molecular weight excluding hydrogens is 1070 g/mol. The van der Waals surface area contributed by atoms with Crippen LogP contribution in [-0.4, -0.2) is 31.3 Å². The van der Waals surface area contributed by atoms with Gasteiger partial charge in [0.15, 0.2) is 15.2 Å². The fraction of sp³-hybridized carbons (Fsp3) is 0.100. The van der Waals surface area contributed by atoms with E-state index in [4.69, 9.17) is 0 Å². The summed E-state index contributed by atoms with van der Waals surface area (Å²) in [4.78, 5) is 0. The number of benzene rings is 12. The summed E-state index contributed by atoms with van der Waals surface area (Å²) >= 11 is 0. The van der Waals surface area contributed by atoms with Gasteiger partial charge in [-0.05, 0) is 71.6 Å². The lowest BCUT2D eigenvalue weighted by molar-refractivity contribution is 1.14. The van der Waals surface area contributed by atoms with E-state index in [0.717, 1.165) is 36.3 Å². The Morgan fingerprint density at radius 3 is 0.595 bits per heavy atom. The molecule has 12 aromatic carbocycles. The molecule has 12 aromatic rings. The van der Waals surface area contributed by atoms with Crippen LogP contribution in [0, 0.1) is 13.8 Å². The first-order chi connectivity index (χ1) is 41.4. The summed E-state index contributed by atoms with van der Waals surface area (Å²) in [6.45, 7) is 5.02. The number of hydrogen-bond donors (Lipinski definition) is 0. The molecule has 0 fully saturated rings. The normalized spacial score (nSPS) is 13.4. The van der Waals surface area contributed by atoms with Gasteiger partial charge in [-0.15, -0.1) is 0 Å². The van der Waals surface area contributed by atoms with Gasteiger partial charge in [0.05, 0.1) is 16.1 Å². The van der Waals surface area contributed by atoms with Gasteiger partial charge >= 0.3 is 0 Å². The van der Waals surface area contributed by atoms with Crippen molar-refractivity contribution in [3.8, 4) is 11.1 Å². The predicted octanol–water partition coefficient (Wildman–Crippen LogP) is 13.0. The van der Waals surface area contributed by atoms with E-state index in [1.807, 2.05) is 0 Å². The van der Waals surface area contributed by atoms with E-state index in [0.29, 0.717) is 0 Å². The van der Waals surface area contributed by atoms with Crippen LogP contribution in [0.25, 0.3) is 11.1 Å². The van der Waals surface area contributed by atoms with Gasteiger partial charge in [0.2, 0.25) is 0 Å². The minimum Gasteiger partial charge on any atom is -0.0624 e. The summed E-state index contributed by atoms with van der Waals surface area (Å²) in [5.41, 5.74) is 14.2. The topological polar surface area (TPSA) is 0 Å². The van der Waals surface area contributed by atoms with Crippen molar-refractivity contribution in [2.75, 3.05) is 0 Å². The van der Waals surface area contributed by atoms with Crippen molar-refractivity contribution < 1.29 is 0 Å². The van der Waals surface area contributed by atoms with Gasteiger partial charge in [0.1, 0.15) is 0 Å². The molecule has 0 atom stereocenters. The maximum absolute atomic E-state index is 3.31. The molecule has 0 bridgehead atoms. The Morgan fingerprint density at radius 2 is 0.405 bits per heavy atom. The zero-order valence-electron chi connectivity index (χ0n) is 48.4. The zero-order chi connectivity index (χ0) is 56.8. The summed E-state index contributed by atoms with van der Waals surface area (Å²) in [5, 5.41) is 12.1. The van der Waals surface area contributed by atoms with Crippen LogP contribution in [-0.2, 0) is 36.3 Å². The third-order valence-corrected chi connectivity index (χ3v) is 45.4. The first kappa shape index (κ1) is 54.7. The largest absolute Gasteiger partial charge is 0.155 e. The molecule has 0 radical (unpaired) electrons.